The smallest absolute Gasteiger partial charge is 0.358 e. The van der Waals surface area contributed by atoms with E-state index in [9.17, 15) is 18.5 Å². The number of rotatable bonds is 6. The van der Waals surface area contributed by atoms with Crippen molar-refractivity contribution < 1.29 is 13.3 Å². The summed E-state index contributed by atoms with van der Waals surface area (Å²) in [4.78, 5) is 9.31. The van der Waals surface area contributed by atoms with Crippen LogP contribution in [0.1, 0.15) is 26.7 Å². The summed E-state index contributed by atoms with van der Waals surface area (Å²) in [6.07, 6.45) is 3.02. The summed E-state index contributed by atoms with van der Waals surface area (Å²) >= 11 is 0. The zero-order valence-corrected chi connectivity index (χ0v) is 11.1. The highest BCUT2D eigenvalue weighted by molar-refractivity contribution is 7.89. The van der Waals surface area contributed by atoms with Gasteiger partial charge in [0.05, 0.1) is 17.8 Å². The van der Waals surface area contributed by atoms with Gasteiger partial charge in [0.15, 0.2) is 0 Å². The standard InChI is InChI=1S/C9H16N4O4S/c1-3-4-7(2)5-12-6-8(18(10,16)17)9(11-12)13(14)15/h6-7H,3-5H2,1-2H3,(H2,10,16,17). The van der Waals surface area contributed by atoms with Gasteiger partial charge in [-0.25, -0.2) is 13.6 Å². The molecule has 0 aromatic carbocycles. The second kappa shape index (κ2) is 5.44. The third kappa shape index (κ3) is 3.50. The van der Waals surface area contributed by atoms with Crippen LogP contribution in [0.2, 0.25) is 0 Å². The van der Waals surface area contributed by atoms with Crippen LogP contribution >= 0.6 is 0 Å². The van der Waals surface area contributed by atoms with E-state index in [0.717, 1.165) is 19.0 Å². The highest BCUT2D eigenvalue weighted by Crippen LogP contribution is 2.21. The second-order valence-corrected chi connectivity index (χ2v) is 5.76. The van der Waals surface area contributed by atoms with Gasteiger partial charge in [-0.2, -0.15) is 4.68 Å². The van der Waals surface area contributed by atoms with Crippen molar-refractivity contribution in [3.63, 3.8) is 0 Å². The largest absolute Gasteiger partial charge is 0.410 e. The third-order valence-corrected chi connectivity index (χ3v) is 3.37. The number of primary sulfonamides is 1. The topological polar surface area (TPSA) is 121 Å². The van der Waals surface area contributed by atoms with Gasteiger partial charge in [0, 0.05) is 0 Å². The van der Waals surface area contributed by atoms with E-state index in [-0.39, 0.29) is 5.92 Å². The average Bonchev–Trinajstić information content (AvgIpc) is 2.61. The van der Waals surface area contributed by atoms with Crippen molar-refractivity contribution in [1.29, 1.82) is 0 Å². The van der Waals surface area contributed by atoms with Gasteiger partial charge in [0.25, 0.3) is 0 Å². The second-order valence-electron chi connectivity index (χ2n) is 4.23. The Labute approximate surface area is 105 Å². The maximum absolute atomic E-state index is 11.2. The molecule has 18 heavy (non-hydrogen) atoms. The van der Waals surface area contributed by atoms with Gasteiger partial charge in [-0.3, -0.25) is 0 Å². The number of hydrogen-bond donors (Lipinski definition) is 1. The Morgan fingerprint density at radius 3 is 2.61 bits per heavy atom. The molecule has 0 radical (unpaired) electrons. The monoisotopic (exact) mass is 276 g/mol. The number of aromatic nitrogens is 2. The molecule has 2 N–H and O–H groups in total. The van der Waals surface area contributed by atoms with Crippen molar-refractivity contribution in [1.82, 2.24) is 9.78 Å². The molecule has 1 rings (SSSR count). The van der Waals surface area contributed by atoms with E-state index >= 15 is 0 Å². The number of hydrogen-bond acceptors (Lipinski definition) is 5. The van der Waals surface area contributed by atoms with E-state index in [0.29, 0.717) is 6.54 Å². The summed E-state index contributed by atoms with van der Waals surface area (Å²) in [5.41, 5.74) is 0. The molecule has 1 aromatic heterocycles. The number of nitro groups is 1. The first-order chi connectivity index (χ1) is 8.25. The first-order valence-electron chi connectivity index (χ1n) is 5.50. The molecule has 102 valence electrons. The highest BCUT2D eigenvalue weighted by Gasteiger charge is 2.29. The Bertz CT molecular complexity index is 537. The minimum absolute atomic E-state index is 0.253. The van der Waals surface area contributed by atoms with E-state index in [2.05, 4.69) is 5.10 Å². The summed E-state index contributed by atoms with van der Waals surface area (Å²) in [6.45, 7) is 4.41. The molecule has 0 bridgehead atoms. The molecule has 1 unspecified atom stereocenters. The Balaban J connectivity index is 3.07. The van der Waals surface area contributed by atoms with Crippen LogP contribution < -0.4 is 5.14 Å². The van der Waals surface area contributed by atoms with Gasteiger partial charge >= 0.3 is 5.82 Å². The fourth-order valence-electron chi connectivity index (χ4n) is 1.72. The van der Waals surface area contributed by atoms with Crippen LogP contribution in [0.5, 0.6) is 0 Å². The van der Waals surface area contributed by atoms with Crippen LogP contribution in [0.4, 0.5) is 5.82 Å². The molecule has 1 aromatic rings. The van der Waals surface area contributed by atoms with Crippen LogP contribution in [0, 0.1) is 16.0 Å². The van der Waals surface area contributed by atoms with Gasteiger partial charge in [-0.1, -0.05) is 20.3 Å². The lowest BCUT2D eigenvalue weighted by atomic mass is 10.1. The van der Waals surface area contributed by atoms with Crippen molar-refractivity contribution >= 4 is 15.8 Å². The molecular weight excluding hydrogens is 260 g/mol. The normalized spacial score (nSPS) is 13.5. The van der Waals surface area contributed by atoms with Gasteiger partial charge in [-0.05, 0) is 17.3 Å². The summed E-state index contributed by atoms with van der Waals surface area (Å²) in [5, 5.41) is 19.3. The molecule has 9 heteroatoms. The van der Waals surface area contributed by atoms with Gasteiger partial charge < -0.3 is 10.1 Å². The molecule has 1 heterocycles. The molecule has 0 aliphatic rings. The summed E-state index contributed by atoms with van der Waals surface area (Å²) in [5.74, 6) is -0.468. The van der Waals surface area contributed by atoms with Gasteiger partial charge in [-0.15, -0.1) is 0 Å². The van der Waals surface area contributed by atoms with Crippen molar-refractivity contribution in [3.05, 3.63) is 16.3 Å². The molecule has 8 nitrogen and oxygen atoms in total. The fourth-order valence-corrected chi connectivity index (χ4v) is 2.36. The minimum atomic E-state index is -4.13. The molecule has 0 aliphatic carbocycles. The van der Waals surface area contributed by atoms with Crippen molar-refractivity contribution in [2.45, 2.75) is 38.1 Å². The summed E-state index contributed by atoms with van der Waals surface area (Å²) in [6, 6.07) is 0. The first-order valence-corrected chi connectivity index (χ1v) is 7.05. The Kier molecular flexibility index (Phi) is 4.41. The number of nitrogens with zero attached hydrogens (tertiary/aromatic N) is 3. The average molecular weight is 276 g/mol. The van der Waals surface area contributed by atoms with E-state index < -0.39 is 25.7 Å². The molecule has 0 amide bonds. The van der Waals surface area contributed by atoms with E-state index in [1.54, 1.807) is 0 Å². The minimum Gasteiger partial charge on any atom is -0.358 e. The van der Waals surface area contributed by atoms with Crippen LogP contribution in [0.3, 0.4) is 0 Å². The van der Waals surface area contributed by atoms with E-state index in [1.807, 2.05) is 13.8 Å². The van der Waals surface area contributed by atoms with Crippen LogP contribution in [0.25, 0.3) is 0 Å². The zero-order valence-electron chi connectivity index (χ0n) is 10.2. The Morgan fingerprint density at radius 1 is 1.61 bits per heavy atom. The molecule has 0 saturated heterocycles. The lowest BCUT2D eigenvalue weighted by Crippen LogP contribution is -2.13. The first kappa shape index (κ1) is 14.6. The Hall–Kier alpha value is -1.48. The molecule has 1 atom stereocenters. The lowest BCUT2D eigenvalue weighted by molar-refractivity contribution is -0.392. The predicted octanol–water partition coefficient (Wildman–Crippen LogP) is 0.875. The van der Waals surface area contributed by atoms with E-state index in [1.165, 1.54) is 4.68 Å². The molecule has 0 spiro atoms. The van der Waals surface area contributed by atoms with Crippen molar-refractivity contribution in [2.24, 2.45) is 11.1 Å². The summed E-state index contributed by atoms with van der Waals surface area (Å²) in [7, 11) is -4.13. The predicted molar refractivity (Wildman–Crippen MR) is 64.3 cm³/mol. The number of nitrogens with two attached hydrogens (primary N) is 1. The third-order valence-electron chi connectivity index (χ3n) is 2.47. The van der Waals surface area contributed by atoms with Crippen LogP contribution in [-0.4, -0.2) is 23.1 Å². The van der Waals surface area contributed by atoms with Gasteiger partial charge in [0.1, 0.15) is 0 Å². The molecule has 0 saturated carbocycles. The fraction of sp³-hybridized carbons (Fsp3) is 0.667. The van der Waals surface area contributed by atoms with Crippen molar-refractivity contribution in [2.75, 3.05) is 0 Å². The maximum Gasteiger partial charge on any atom is 0.410 e. The summed E-state index contributed by atoms with van der Waals surface area (Å²) < 4.78 is 23.7. The number of sulfonamides is 1. The molecule has 0 fully saturated rings. The SMILES string of the molecule is CCCC(C)Cn1cc(S(N)(=O)=O)c([N+](=O)[O-])n1. The van der Waals surface area contributed by atoms with Gasteiger partial charge in [0.2, 0.25) is 14.9 Å². The zero-order chi connectivity index (χ0) is 13.9. The Morgan fingerprint density at radius 2 is 2.22 bits per heavy atom. The molecule has 0 aliphatic heterocycles. The maximum atomic E-state index is 11.2. The van der Waals surface area contributed by atoms with Crippen LogP contribution in [-0.2, 0) is 16.6 Å². The molecular formula is C9H16N4O4S. The highest BCUT2D eigenvalue weighted by atomic mass is 32.2. The van der Waals surface area contributed by atoms with E-state index in [4.69, 9.17) is 5.14 Å². The van der Waals surface area contributed by atoms with Crippen LogP contribution in [0.15, 0.2) is 11.1 Å². The quantitative estimate of drug-likeness (QED) is 0.610. The van der Waals surface area contributed by atoms with Crippen molar-refractivity contribution in [3.8, 4) is 0 Å². The lowest BCUT2D eigenvalue weighted by Gasteiger charge is -2.06.